The van der Waals surface area contributed by atoms with Crippen LogP contribution in [0.3, 0.4) is 0 Å². The average Bonchev–Trinajstić information content (AvgIpc) is 2.89. The van der Waals surface area contributed by atoms with E-state index in [0.717, 1.165) is 17.4 Å². The van der Waals surface area contributed by atoms with Gasteiger partial charge in [-0.25, -0.2) is 0 Å². The summed E-state index contributed by atoms with van der Waals surface area (Å²) in [7, 11) is 0. The highest BCUT2D eigenvalue weighted by Gasteiger charge is 2.41. The van der Waals surface area contributed by atoms with Crippen LogP contribution in [-0.4, -0.2) is 59.3 Å². The van der Waals surface area contributed by atoms with Crippen LogP contribution in [0.25, 0.3) is 11.3 Å². The first-order valence-corrected chi connectivity index (χ1v) is 11.7. The minimum absolute atomic E-state index is 0.0811. The van der Waals surface area contributed by atoms with Crippen molar-refractivity contribution < 1.29 is 27.5 Å². The van der Waals surface area contributed by atoms with Crippen LogP contribution < -0.4 is 15.1 Å². The van der Waals surface area contributed by atoms with Crippen molar-refractivity contribution in [3.8, 4) is 11.3 Å². The van der Waals surface area contributed by atoms with Gasteiger partial charge in [0.25, 0.3) is 11.8 Å². The van der Waals surface area contributed by atoms with Gasteiger partial charge in [0.05, 0.1) is 24.6 Å². The number of alkyl halides is 3. The fraction of sp³-hybridized carbons (Fsp3) is 0.320. The molecule has 4 heterocycles. The van der Waals surface area contributed by atoms with Crippen molar-refractivity contribution in [2.45, 2.75) is 26.1 Å². The fourth-order valence-electron chi connectivity index (χ4n) is 4.50. The number of anilines is 3. The number of nitrogens with zero attached hydrogens (tertiary/aromatic N) is 5. The molecule has 0 saturated carbocycles. The van der Waals surface area contributed by atoms with E-state index in [0.29, 0.717) is 48.5 Å². The third-order valence-electron chi connectivity index (χ3n) is 6.40. The number of carbonyl (C=O) groups is 2. The molecule has 2 aliphatic heterocycles. The van der Waals surface area contributed by atoms with Gasteiger partial charge in [-0.3, -0.25) is 19.5 Å². The number of ether oxygens (including phenoxy) is 1. The van der Waals surface area contributed by atoms with Crippen molar-refractivity contribution in [1.82, 2.24) is 15.2 Å². The van der Waals surface area contributed by atoms with E-state index < -0.39 is 23.8 Å². The van der Waals surface area contributed by atoms with Crippen LogP contribution in [-0.2, 0) is 15.7 Å². The quantitative estimate of drug-likeness (QED) is 0.569. The van der Waals surface area contributed by atoms with Gasteiger partial charge in [-0.2, -0.15) is 13.2 Å². The van der Waals surface area contributed by atoms with Crippen LogP contribution in [0.5, 0.6) is 0 Å². The minimum atomic E-state index is -4.66. The molecular weight excluding hydrogens is 489 g/mol. The largest absolute Gasteiger partial charge is 0.433 e. The van der Waals surface area contributed by atoms with Gasteiger partial charge >= 0.3 is 6.18 Å². The van der Waals surface area contributed by atoms with Crippen molar-refractivity contribution in [2.75, 3.05) is 41.4 Å². The molecule has 5 rings (SSSR count). The molecule has 1 N–H and O–H groups in total. The molecule has 37 heavy (non-hydrogen) atoms. The predicted molar refractivity (Wildman–Crippen MR) is 129 cm³/mol. The Balaban J connectivity index is 1.47. The number of aromatic nitrogens is 3. The van der Waals surface area contributed by atoms with Crippen molar-refractivity contribution >= 4 is 29.0 Å². The van der Waals surface area contributed by atoms with Crippen molar-refractivity contribution in [1.29, 1.82) is 0 Å². The summed E-state index contributed by atoms with van der Waals surface area (Å²) in [6, 6.07) is 8.47. The molecule has 192 valence electrons. The number of halogens is 3. The zero-order valence-corrected chi connectivity index (χ0v) is 20.0. The van der Waals surface area contributed by atoms with Crippen molar-refractivity contribution in [3.05, 3.63) is 59.4 Å². The molecule has 12 heteroatoms. The SMILES string of the molecule is CCN1C(=O)[C@H]2COCCN2c2cc(-c3cc(NC(=O)c4ccnc(C(F)(F)F)c4)ccc3C)nnc21. The Kier molecular flexibility index (Phi) is 6.28. The van der Waals surface area contributed by atoms with E-state index in [1.165, 1.54) is 6.07 Å². The molecule has 0 unspecified atom stereocenters. The summed E-state index contributed by atoms with van der Waals surface area (Å²) in [4.78, 5) is 32.5. The number of aryl methyl sites for hydroxylation is 1. The maximum atomic E-state index is 13.0. The summed E-state index contributed by atoms with van der Waals surface area (Å²) in [5.74, 6) is -0.301. The van der Waals surface area contributed by atoms with E-state index >= 15 is 0 Å². The van der Waals surface area contributed by atoms with E-state index in [9.17, 15) is 22.8 Å². The lowest BCUT2D eigenvalue weighted by Crippen LogP contribution is -2.59. The number of benzene rings is 1. The average molecular weight is 512 g/mol. The predicted octanol–water partition coefficient (Wildman–Crippen LogP) is 3.69. The van der Waals surface area contributed by atoms with E-state index in [2.05, 4.69) is 20.5 Å². The zero-order valence-electron chi connectivity index (χ0n) is 20.0. The molecule has 9 nitrogen and oxygen atoms in total. The third kappa shape index (κ3) is 4.59. The first kappa shape index (κ1) is 24.6. The molecule has 2 aliphatic rings. The first-order valence-electron chi connectivity index (χ1n) is 11.7. The second-order valence-corrected chi connectivity index (χ2v) is 8.72. The van der Waals surface area contributed by atoms with Gasteiger partial charge in [-0.15, -0.1) is 10.2 Å². The number of morpholine rings is 1. The molecule has 2 aromatic heterocycles. The summed E-state index contributed by atoms with van der Waals surface area (Å²) in [6.45, 7) is 5.49. The number of hydrogen-bond donors (Lipinski definition) is 1. The highest BCUT2D eigenvalue weighted by molar-refractivity contribution is 6.05. The maximum Gasteiger partial charge on any atom is 0.433 e. The molecule has 0 radical (unpaired) electrons. The molecule has 1 aromatic carbocycles. The van der Waals surface area contributed by atoms with Gasteiger partial charge in [-0.05, 0) is 49.7 Å². The molecule has 0 bridgehead atoms. The molecule has 2 amide bonds. The molecule has 1 atom stereocenters. The van der Waals surface area contributed by atoms with E-state index in [1.807, 2.05) is 24.8 Å². The van der Waals surface area contributed by atoms with Crippen LogP contribution in [0.1, 0.15) is 28.5 Å². The van der Waals surface area contributed by atoms with Gasteiger partial charge in [0.1, 0.15) is 11.7 Å². The number of nitrogens with one attached hydrogen (secondary N) is 1. The number of amides is 2. The monoisotopic (exact) mass is 512 g/mol. The van der Waals surface area contributed by atoms with Gasteiger partial charge in [0, 0.05) is 36.1 Å². The Bertz CT molecular complexity index is 1380. The number of pyridine rings is 1. The standard InChI is InChI=1S/C25H23F3N6O3/c1-3-33-22-19(34-8-9-37-13-20(34)24(33)36)12-18(31-32-22)17-11-16(5-4-14(17)2)30-23(35)15-6-7-29-21(10-15)25(26,27)28/h4-7,10-12,20H,3,8-9,13H2,1-2H3,(H,30,35)/t20-/m1/s1. The number of hydrogen-bond acceptors (Lipinski definition) is 7. The summed E-state index contributed by atoms with van der Waals surface area (Å²) in [5.41, 5.74) is 1.91. The highest BCUT2D eigenvalue weighted by Crippen LogP contribution is 2.38. The van der Waals surface area contributed by atoms with Crippen LogP contribution in [0.2, 0.25) is 0 Å². The second kappa shape index (κ2) is 9.43. The van der Waals surface area contributed by atoms with E-state index in [4.69, 9.17) is 4.74 Å². The van der Waals surface area contributed by atoms with Crippen LogP contribution >= 0.6 is 0 Å². The van der Waals surface area contributed by atoms with E-state index in [1.54, 1.807) is 23.1 Å². The molecule has 3 aromatic rings. The van der Waals surface area contributed by atoms with Gasteiger partial charge in [0.2, 0.25) is 0 Å². The minimum Gasteiger partial charge on any atom is -0.377 e. The van der Waals surface area contributed by atoms with Crippen molar-refractivity contribution in [2.24, 2.45) is 0 Å². The van der Waals surface area contributed by atoms with Gasteiger partial charge in [0.15, 0.2) is 5.82 Å². The molecule has 1 fully saturated rings. The molecule has 1 saturated heterocycles. The maximum absolute atomic E-state index is 13.0. The summed E-state index contributed by atoms with van der Waals surface area (Å²) < 4.78 is 44.5. The summed E-state index contributed by atoms with van der Waals surface area (Å²) in [6.07, 6.45) is -3.71. The Morgan fingerprint density at radius 1 is 1.19 bits per heavy atom. The normalized spacial score (nSPS) is 17.3. The van der Waals surface area contributed by atoms with Gasteiger partial charge < -0.3 is 15.0 Å². The van der Waals surface area contributed by atoms with Gasteiger partial charge in [-0.1, -0.05) is 6.07 Å². The second-order valence-electron chi connectivity index (χ2n) is 8.72. The van der Waals surface area contributed by atoms with Crippen molar-refractivity contribution in [3.63, 3.8) is 0 Å². The first-order chi connectivity index (χ1) is 17.7. The molecule has 0 aliphatic carbocycles. The Labute approximate surface area is 210 Å². The summed E-state index contributed by atoms with van der Waals surface area (Å²) in [5, 5.41) is 11.4. The number of likely N-dealkylation sites (N-methyl/N-ethyl adjacent to an activating group) is 1. The lowest BCUT2D eigenvalue weighted by molar-refractivity contribution is -0.141. The van der Waals surface area contributed by atoms with Crippen LogP contribution in [0.4, 0.5) is 30.4 Å². The number of carbonyl (C=O) groups excluding carboxylic acids is 2. The Morgan fingerprint density at radius 2 is 2.00 bits per heavy atom. The lowest BCUT2D eigenvalue weighted by atomic mass is 10.0. The Morgan fingerprint density at radius 3 is 2.76 bits per heavy atom. The molecular formula is C25H23F3N6O3. The smallest absolute Gasteiger partial charge is 0.377 e. The molecule has 0 spiro atoms. The van der Waals surface area contributed by atoms with E-state index in [-0.39, 0.29) is 18.1 Å². The number of rotatable bonds is 4. The lowest BCUT2D eigenvalue weighted by Gasteiger charge is -2.43. The van der Waals surface area contributed by atoms with Crippen LogP contribution in [0.15, 0.2) is 42.6 Å². The topological polar surface area (TPSA) is 101 Å². The Hall–Kier alpha value is -4.06. The zero-order chi connectivity index (χ0) is 26.3. The fourth-order valence-corrected chi connectivity index (χ4v) is 4.50. The highest BCUT2D eigenvalue weighted by atomic mass is 19.4. The number of fused-ring (bicyclic) bond motifs is 3. The van der Waals surface area contributed by atoms with Crippen LogP contribution in [0, 0.1) is 6.92 Å². The summed E-state index contributed by atoms with van der Waals surface area (Å²) >= 11 is 0. The third-order valence-corrected chi connectivity index (χ3v) is 6.40.